The molecule has 0 saturated carbocycles. The molecule has 3 heteroatoms. The molecule has 2 N–H and O–H groups in total. The second-order valence-corrected chi connectivity index (χ2v) is 4.51. The fourth-order valence-electron chi connectivity index (χ4n) is 2.19. The van der Waals surface area contributed by atoms with E-state index in [9.17, 15) is 4.79 Å². The standard InChI is InChI=1S/C16H14N2O/c1-11-5-2-3-7-14(11)18-16(19)13-6-4-8-15-12(13)9-10-17-15/h2-10,17H,1H3,(H,18,19). The zero-order chi connectivity index (χ0) is 13.2. The van der Waals surface area contributed by atoms with E-state index in [1.54, 1.807) is 0 Å². The van der Waals surface area contributed by atoms with E-state index in [4.69, 9.17) is 0 Å². The van der Waals surface area contributed by atoms with Crippen LogP contribution in [0.15, 0.2) is 54.7 Å². The predicted octanol–water partition coefficient (Wildman–Crippen LogP) is 3.73. The monoisotopic (exact) mass is 250 g/mol. The average Bonchev–Trinajstić information content (AvgIpc) is 2.89. The second-order valence-electron chi connectivity index (χ2n) is 4.51. The molecule has 0 aliphatic carbocycles. The number of carbonyl (C=O) groups is 1. The zero-order valence-corrected chi connectivity index (χ0v) is 10.6. The van der Waals surface area contributed by atoms with E-state index >= 15 is 0 Å². The summed E-state index contributed by atoms with van der Waals surface area (Å²) in [6.07, 6.45) is 1.84. The Balaban J connectivity index is 1.97. The summed E-state index contributed by atoms with van der Waals surface area (Å²) >= 11 is 0. The predicted molar refractivity (Wildman–Crippen MR) is 77.4 cm³/mol. The molecule has 0 spiro atoms. The maximum absolute atomic E-state index is 12.4. The number of rotatable bonds is 2. The third-order valence-electron chi connectivity index (χ3n) is 3.23. The van der Waals surface area contributed by atoms with Gasteiger partial charge in [-0.15, -0.1) is 0 Å². The van der Waals surface area contributed by atoms with Gasteiger partial charge in [-0.1, -0.05) is 24.3 Å². The quantitative estimate of drug-likeness (QED) is 0.715. The van der Waals surface area contributed by atoms with Crippen molar-refractivity contribution in [2.45, 2.75) is 6.92 Å². The summed E-state index contributed by atoms with van der Waals surface area (Å²) in [6, 6.07) is 15.4. The van der Waals surface area contributed by atoms with Gasteiger partial charge < -0.3 is 10.3 Å². The molecule has 1 amide bonds. The van der Waals surface area contributed by atoms with Gasteiger partial charge in [0.05, 0.1) is 0 Å². The molecule has 3 aromatic rings. The van der Waals surface area contributed by atoms with Crippen LogP contribution < -0.4 is 5.32 Å². The summed E-state index contributed by atoms with van der Waals surface area (Å²) in [6.45, 7) is 1.98. The Morgan fingerprint density at radius 1 is 1.05 bits per heavy atom. The molecule has 0 aliphatic rings. The SMILES string of the molecule is Cc1ccccc1NC(=O)c1cccc2[nH]ccc12. The Bertz CT molecular complexity index is 743. The first-order valence-corrected chi connectivity index (χ1v) is 6.19. The van der Waals surface area contributed by atoms with Gasteiger partial charge in [-0.3, -0.25) is 4.79 Å². The Hall–Kier alpha value is -2.55. The molecule has 0 fully saturated rings. The first kappa shape index (κ1) is 11.5. The Labute approximate surface area is 111 Å². The topological polar surface area (TPSA) is 44.9 Å². The summed E-state index contributed by atoms with van der Waals surface area (Å²) in [5.41, 5.74) is 3.55. The van der Waals surface area contributed by atoms with Gasteiger partial charge in [0.25, 0.3) is 5.91 Å². The summed E-state index contributed by atoms with van der Waals surface area (Å²) in [5, 5.41) is 3.89. The van der Waals surface area contributed by atoms with Crippen LogP contribution in [0.4, 0.5) is 5.69 Å². The average molecular weight is 250 g/mol. The van der Waals surface area contributed by atoms with Crippen molar-refractivity contribution in [3.8, 4) is 0 Å². The van der Waals surface area contributed by atoms with Crippen molar-refractivity contribution >= 4 is 22.5 Å². The van der Waals surface area contributed by atoms with E-state index in [0.717, 1.165) is 22.2 Å². The number of amides is 1. The molecule has 3 rings (SSSR count). The molecule has 0 aliphatic heterocycles. The Morgan fingerprint density at radius 2 is 1.89 bits per heavy atom. The van der Waals surface area contributed by atoms with Crippen LogP contribution in [-0.2, 0) is 0 Å². The first-order valence-electron chi connectivity index (χ1n) is 6.19. The van der Waals surface area contributed by atoms with Crippen LogP contribution in [-0.4, -0.2) is 10.9 Å². The number of aryl methyl sites for hydroxylation is 1. The van der Waals surface area contributed by atoms with E-state index in [0.29, 0.717) is 5.56 Å². The minimum absolute atomic E-state index is 0.0838. The van der Waals surface area contributed by atoms with E-state index in [-0.39, 0.29) is 5.91 Å². The highest BCUT2D eigenvalue weighted by molar-refractivity contribution is 6.12. The molecule has 0 unspecified atom stereocenters. The zero-order valence-electron chi connectivity index (χ0n) is 10.6. The second kappa shape index (κ2) is 4.61. The van der Waals surface area contributed by atoms with Gasteiger partial charge >= 0.3 is 0 Å². The lowest BCUT2D eigenvalue weighted by Gasteiger charge is -2.08. The largest absolute Gasteiger partial charge is 0.361 e. The number of benzene rings is 2. The molecule has 19 heavy (non-hydrogen) atoms. The van der Waals surface area contributed by atoms with E-state index < -0.39 is 0 Å². The maximum Gasteiger partial charge on any atom is 0.256 e. The van der Waals surface area contributed by atoms with Crippen molar-refractivity contribution < 1.29 is 4.79 Å². The summed E-state index contributed by atoms with van der Waals surface area (Å²) < 4.78 is 0. The normalized spacial score (nSPS) is 10.6. The summed E-state index contributed by atoms with van der Waals surface area (Å²) in [4.78, 5) is 15.5. The number of fused-ring (bicyclic) bond motifs is 1. The molecule has 0 atom stereocenters. The minimum atomic E-state index is -0.0838. The molecule has 1 heterocycles. The van der Waals surface area contributed by atoms with Crippen molar-refractivity contribution in [2.75, 3.05) is 5.32 Å². The highest BCUT2D eigenvalue weighted by Gasteiger charge is 2.11. The third-order valence-corrected chi connectivity index (χ3v) is 3.23. The van der Waals surface area contributed by atoms with Gasteiger partial charge in [0.15, 0.2) is 0 Å². The molecule has 1 aromatic heterocycles. The van der Waals surface area contributed by atoms with Crippen molar-refractivity contribution in [2.24, 2.45) is 0 Å². The highest BCUT2D eigenvalue weighted by atomic mass is 16.1. The number of para-hydroxylation sites is 1. The van der Waals surface area contributed by atoms with Crippen LogP contribution in [0.2, 0.25) is 0 Å². The van der Waals surface area contributed by atoms with Crippen LogP contribution in [0.25, 0.3) is 10.9 Å². The number of anilines is 1. The number of carbonyl (C=O) groups excluding carboxylic acids is 1. The number of hydrogen-bond acceptors (Lipinski definition) is 1. The van der Waals surface area contributed by atoms with Gasteiger partial charge in [-0.05, 0) is 36.8 Å². The van der Waals surface area contributed by atoms with Crippen LogP contribution in [0.3, 0.4) is 0 Å². The summed E-state index contributed by atoms with van der Waals surface area (Å²) in [5.74, 6) is -0.0838. The molecule has 3 nitrogen and oxygen atoms in total. The highest BCUT2D eigenvalue weighted by Crippen LogP contribution is 2.20. The third kappa shape index (κ3) is 2.10. The lowest BCUT2D eigenvalue weighted by Crippen LogP contribution is -2.12. The molecule has 0 bridgehead atoms. The van der Waals surface area contributed by atoms with Gasteiger partial charge in [0.2, 0.25) is 0 Å². The molecule has 2 aromatic carbocycles. The van der Waals surface area contributed by atoms with Crippen molar-refractivity contribution in [1.29, 1.82) is 0 Å². The first-order chi connectivity index (χ1) is 9.25. The van der Waals surface area contributed by atoms with E-state index in [2.05, 4.69) is 10.3 Å². The Kier molecular flexibility index (Phi) is 2.80. The number of H-pyrrole nitrogens is 1. The van der Waals surface area contributed by atoms with Crippen LogP contribution in [0, 0.1) is 6.92 Å². The van der Waals surface area contributed by atoms with Crippen LogP contribution >= 0.6 is 0 Å². The molecular formula is C16H14N2O. The smallest absolute Gasteiger partial charge is 0.256 e. The molecule has 0 saturated heterocycles. The fraction of sp³-hybridized carbons (Fsp3) is 0.0625. The van der Waals surface area contributed by atoms with Gasteiger partial charge in [-0.2, -0.15) is 0 Å². The fourth-order valence-corrected chi connectivity index (χ4v) is 2.19. The van der Waals surface area contributed by atoms with Crippen molar-refractivity contribution in [3.05, 3.63) is 65.9 Å². The van der Waals surface area contributed by atoms with E-state index in [1.807, 2.05) is 61.7 Å². The lowest BCUT2D eigenvalue weighted by atomic mass is 10.1. The summed E-state index contributed by atoms with van der Waals surface area (Å²) in [7, 11) is 0. The van der Waals surface area contributed by atoms with Crippen molar-refractivity contribution in [1.82, 2.24) is 4.98 Å². The molecule has 0 radical (unpaired) electrons. The van der Waals surface area contributed by atoms with Crippen LogP contribution in [0.1, 0.15) is 15.9 Å². The minimum Gasteiger partial charge on any atom is -0.361 e. The van der Waals surface area contributed by atoms with Gasteiger partial charge in [0, 0.05) is 28.4 Å². The lowest BCUT2D eigenvalue weighted by molar-refractivity contribution is 0.102. The number of hydrogen-bond donors (Lipinski definition) is 2. The molecular weight excluding hydrogens is 236 g/mol. The molecule has 94 valence electrons. The number of nitrogens with one attached hydrogen (secondary N) is 2. The van der Waals surface area contributed by atoms with Gasteiger partial charge in [0.1, 0.15) is 0 Å². The van der Waals surface area contributed by atoms with Gasteiger partial charge in [-0.25, -0.2) is 0 Å². The number of aromatic nitrogens is 1. The number of aromatic amines is 1. The van der Waals surface area contributed by atoms with Crippen molar-refractivity contribution in [3.63, 3.8) is 0 Å². The van der Waals surface area contributed by atoms with Crippen LogP contribution in [0.5, 0.6) is 0 Å². The van der Waals surface area contributed by atoms with E-state index in [1.165, 1.54) is 0 Å². The Morgan fingerprint density at radius 3 is 2.74 bits per heavy atom. The maximum atomic E-state index is 12.4.